The average molecular weight is 304 g/mol. The molecule has 1 atom stereocenters. The highest BCUT2D eigenvalue weighted by atomic mass is 16.2. The van der Waals surface area contributed by atoms with E-state index >= 15 is 0 Å². The molecule has 5 nitrogen and oxygen atoms in total. The van der Waals surface area contributed by atoms with Gasteiger partial charge in [-0.3, -0.25) is 10.2 Å². The average Bonchev–Trinajstić information content (AvgIpc) is 2.61. The van der Waals surface area contributed by atoms with Crippen molar-refractivity contribution in [3.05, 3.63) is 0 Å². The Labute approximate surface area is 132 Å². The summed E-state index contributed by atoms with van der Waals surface area (Å²) >= 11 is 0. The minimum absolute atomic E-state index is 0.00750. The van der Waals surface area contributed by atoms with Crippen LogP contribution in [-0.2, 0) is 4.79 Å². The quantitative estimate of drug-likeness (QED) is 0.577. The van der Waals surface area contributed by atoms with E-state index in [4.69, 9.17) is 11.3 Å². The molecule has 1 heterocycles. The summed E-state index contributed by atoms with van der Waals surface area (Å²) < 4.78 is 0. The van der Waals surface area contributed by atoms with E-state index in [1.807, 2.05) is 0 Å². The van der Waals surface area contributed by atoms with Crippen LogP contribution in [0.3, 0.4) is 0 Å². The highest BCUT2D eigenvalue weighted by Gasteiger charge is 2.61. The van der Waals surface area contributed by atoms with Crippen LogP contribution in [-0.4, -0.2) is 33.4 Å². The van der Waals surface area contributed by atoms with Gasteiger partial charge in [-0.2, -0.15) is 0 Å². The normalized spacial score (nSPS) is 44.4. The van der Waals surface area contributed by atoms with Crippen LogP contribution in [0.5, 0.6) is 0 Å². The van der Waals surface area contributed by atoms with Gasteiger partial charge >= 0.3 is 0 Å². The van der Waals surface area contributed by atoms with Crippen molar-refractivity contribution in [1.29, 1.82) is 5.41 Å². The highest BCUT2D eigenvalue weighted by Crippen LogP contribution is 2.59. The Balaban J connectivity index is 1.76. The van der Waals surface area contributed by atoms with Gasteiger partial charge in [0.15, 0.2) is 0 Å². The number of nitrogens with zero attached hydrogens (tertiary/aromatic N) is 2. The number of nitrogens with one attached hydrogen (secondary N) is 1. The number of carbonyl (C=O) groups excluding carboxylic acids is 1. The number of hydrogen-bond donors (Lipinski definition) is 2. The third-order valence-corrected chi connectivity index (χ3v) is 6.52. The number of hydrogen-bond acceptors (Lipinski definition) is 3. The lowest BCUT2D eigenvalue weighted by Crippen LogP contribution is -2.64. The van der Waals surface area contributed by atoms with Crippen LogP contribution in [0.1, 0.15) is 59.3 Å². The second-order valence-corrected chi connectivity index (χ2v) is 9.31. The SMILES string of the molecule is CC(C)(C)C1C(=O)N(N)C(=N)N1C12CC3CC(CC(C3)C1)C2. The Bertz CT molecular complexity index is 500. The smallest absolute Gasteiger partial charge is 0.267 e. The maximum atomic E-state index is 12.7. The van der Waals surface area contributed by atoms with Gasteiger partial charge in [-0.15, -0.1) is 0 Å². The Morgan fingerprint density at radius 2 is 1.55 bits per heavy atom. The van der Waals surface area contributed by atoms with E-state index in [-0.39, 0.29) is 28.9 Å². The van der Waals surface area contributed by atoms with Crippen molar-refractivity contribution >= 4 is 11.9 Å². The molecular formula is C17H28N4O. The van der Waals surface area contributed by atoms with E-state index in [9.17, 15) is 4.79 Å². The molecule has 0 aromatic rings. The number of nitrogens with two attached hydrogens (primary N) is 1. The second kappa shape index (κ2) is 4.25. The summed E-state index contributed by atoms with van der Waals surface area (Å²) in [6, 6.07) is -0.291. The number of guanidine groups is 1. The molecule has 4 bridgehead atoms. The van der Waals surface area contributed by atoms with Gasteiger partial charge in [-0.25, -0.2) is 10.9 Å². The van der Waals surface area contributed by atoms with Crippen LogP contribution in [0.15, 0.2) is 0 Å². The number of rotatable bonds is 1. The number of carbonyl (C=O) groups is 1. The molecule has 0 aromatic heterocycles. The van der Waals surface area contributed by atoms with Crippen molar-refractivity contribution in [2.24, 2.45) is 29.0 Å². The predicted molar refractivity (Wildman–Crippen MR) is 84.7 cm³/mol. The van der Waals surface area contributed by atoms with Crippen molar-refractivity contribution in [1.82, 2.24) is 9.91 Å². The molecule has 22 heavy (non-hydrogen) atoms. The Morgan fingerprint density at radius 3 is 1.95 bits per heavy atom. The van der Waals surface area contributed by atoms with Gasteiger partial charge in [-0.1, -0.05) is 20.8 Å². The lowest BCUT2D eigenvalue weighted by Gasteiger charge is -2.61. The van der Waals surface area contributed by atoms with E-state index in [0.717, 1.165) is 42.0 Å². The molecule has 5 heteroatoms. The zero-order chi connectivity index (χ0) is 15.9. The van der Waals surface area contributed by atoms with Crippen LogP contribution in [0.2, 0.25) is 0 Å². The van der Waals surface area contributed by atoms with Crippen LogP contribution in [0.4, 0.5) is 0 Å². The zero-order valence-electron chi connectivity index (χ0n) is 13.9. The van der Waals surface area contributed by atoms with Crippen molar-refractivity contribution in [2.75, 3.05) is 0 Å². The molecule has 4 aliphatic carbocycles. The standard InChI is InChI=1S/C17H28N4O/c1-16(2,3)13-14(22)21(19)15(18)20(13)17-7-10-4-11(8-17)6-12(5-10)9-17/h10-13,18H,4-9,19H2,1-3H3. The molecule has 1 amide bonds. The van der Waals surface area contributed by atoms with Gasteiger partial charge in [0.05, 0.1) is 0 Å². The Hall–Kier alpha value is -1.10. The molecule has 122 valence electrons. The summed E-state index contributed by atoms with van der Waals surface area (Å²) in [5.41, 5.74) is -0.200. The van der Waals surface area contributed by atoms with Gasteiger partial charge in [0.25, 0.3) is 5.91 Å². The minimum Gasteiger partial charge on any atom is -0.323 e. The van der Waals surface area contributed by atoms with E-state index in [2.05, 4.69) is 25.7 Å². The third-order valence-electron chi connectivity index (χ3n) is 6.52. The summed E-state index contributed by atoms with van der Waals surface area (Å²) in [5.74, 6) is 8.44. The first-order valence-electron chi connectivity index (χ1n) is 8.68. The van der Waals surface area contributed by atoms with Crippen LogP contribution >= 0.6 is 0 Å². The van der Waals surface area contributed by atoms with Gasteiger partial charge in [0, 0.05) is 5.54 Å². The van der Waals surface area contributed by atoms with Crippen molar-refractivity contribution in [2.45, 2.75) is 70.9 Å². The molecule has 5 fully saturated rings. The molecule has 5 rings (SSSR count). The largest absolute Gasteiger partial charge is 0.323 e. The second-order valence-electron chi connectivity index (χ2n) is 9.31. The molecule has 1 unspecified atom stereocenters. The number of hydrazine groups is 1. The first kappa shape index (κ1) is 14.5. The lowest BCUT2D eigenvalue weighted by molar-refractivity contribution is -0.136. The summed E-state index contributed by atoms with van der Waals surface area (Å²) in [4.78, 5) is 14.8. The van der Waals surface area contributed by atoms with Crippen molar-refractivity contribution in [3.8, 4) is 0 Å². The first-order valence-corrected chi connectivity index (χ1v) is 8.68. The topological polar surface area (TPSA) is 73.4 Å². The molecular weight excluding hydrogens is 276 g/mol. The molecule has 4 saturated carbocycles. The molecule has 0 aromatic carbocycles. The van der Waals surface area contributed by atoms with E-state index in [1.54, 1.807) is 0 Å². The summed E-state index contributed by atoms with van der Waals surface area (Å²) in [5, 5.41) is 9.59. The Kier molecular flexibility index (Phi) is 2.80. The summed E-state index contributed by atoms with van der Waals surface area (Å²) in [6.07, 6.45) is 7.53. The molecule has 1 saturated heterocycles. The zero-order valence-corrected chi connectivity index (χ0v) is 13.9. The lowest BCUT2D eigenvalue weighted by atomic mass is 9.52. The van der Waals surface area contributed by atoms with Gasteiger partial charge in [0.1, 0.15) is 6.04 Å². The summed E-state index contributed by atoms with van der Waals surface area (Å²) in [7, 11) is 0. The third kappa shape index (κ3) is 1.81. The van der Waals surface area contributed by atoms with Crippen LogP contribution < -0.4 is 5.84 Å². The fraction of sp³-hybridized carbons (Fsp3) is 0.882. The fourth-order valence-electron chi connectivity index (χ4n) is 6.20. The van der Waals surface area contributed by atoms with Crippen molar-refractivity contribution in [3.63, 3.8) is 0 Å². The van der Waals surface area contributed by atoms with Gasteiger partial charge < -0.3 is 4.90 Å². The van der Waals surface area contributed by atoms with Gasteiger partial charge in [-0.05, 0) is 61.7 Å². The van der Waals surface area contributed by atoms with E-state index in [0.29, 0.717) is 0 Å². The minimum atomic E-state index is -0.291. The fourth-order valence-corrected chi connectivity index (χ4v) is 6.20. The monoisotopic (exact) mass is 304 g/mol. The molecule has 0 spiro atoms. The number of amides is 1. The van der Waals surface area contributed by atoms with Crippen molar-refractivity contribution < 1.29 is 4.79 Å². The highest BCUT2D eigenvalue weighted by molar-refractivity contribution is 6.05. The van der Waals surface area contributed by atoms with Crippen LogP contribution in [0, 0.1) is 28.6 Å². The van der Waals surface area contributed by atoms with Crippen LogP contribution in [0.25, 0.3) is 0 Å². The van der Waals surface area contributed by atoms with E-state index < -0.39 is 0 Å². The first-order chi connectivity index (χ1) is 10.2. The molecule has 0 radical (unpaired) electrons. The maximum absolute atomic E-state index is 12.7. The predicted octanol–water partition coefficient (Wildman–Crippen LogP) is 2.32. The maximum Gasteiger partial charge on any atom is 0.267 e. The molecule has 1 aliphatic heterocycles. The Morgan fingerprint density at radius 1 is 1.09 bits per heavy atom. The summed E-state index contributed by atoms with van der Waals surface area (Å²) in [6.45, 7) is 6.28. The van der Waals surface area contributed by atoms with Gasteiger partial charge in [0.2, 0.25) is 5.96 Å². The molecule has 3 N–H and O–H groups in total. The van der Waals surface area contributed by atoms with E-state index in [1.165, 1.54) is 19.3 Å². The molecule has 5 aliphatic rings.